The summed E-state index contributed by atoms with van der Waals surface area (Å²) in [6.07, 6.45) is 2.02. The summed E-state index contributed by atoms with van der Waals surface area (Å²) in [5.41, 5.74) is 4.86. The number of ether oxygens (including phenoxy) is 1. The number of thioether (sulfide) groups is 1. The van der Waals surface area contributed by atoms with Crippen molar-refractivity contribution >= 4 is 22.9 Å². The summed E-state index contributed by atoms with van der Waals surface area (Å²) in [4.78, 5) is 12.3. The molecule has 2 aromatic heterocycles. The van der Waals surface area contributed by atoms with Crippen molar-refractivity contribution in [1.29, 1.82) is 0 Å². The fraction of sp³-hybridized carbons (Fsp3) is 0.250. The number of hydrogen-bond acceptors (Lipinski definition) is 4. The highest BCUT2D eigenvalue weighted by atomic mass is 32.2. The molecule has 0 aliphatic rings. The number of hydrogen-bond donors (Lipinski definition) is 1. The summed E-state index contributed by atoms with van der Waals surface area (Å²) < 4.78 is 5.65. The third kappa shape index (κ3) is 3.09. The average molecular weight is 299 g/mol. The Kier molecular flexibility index (Phi) is 4.22. The summed E-state index contributed by atoms with van der Waals surface area (Å²) in [6, 6.07) is 12.4. The minimum absolute atomic E-state index is 0.493. The molecule has 0 bridgehead atoms. The lowest BCUT2D eigenvalue weighted by Gasteiger charge is -2.09. The summed E-state index contributed by atoms with van der Waals surface area (Å²) in [5.74, 6) is 1.53. The first kappa shape index (κ1) is 14.1. The van der Waals surface area contributed by atoms with Gasteiger partial charge in [0.2, 0.25) is 0 Å². The SMILES string of the molecule is CSCOCc1nc2nc(C)[nH]c2cc1-c1ccccc1. The second-order valence-electron chi connectivity index (χ2n) is 4.80. The van der Waals surface area contributed by atoms with Crippen molar-refractivity contribution in [3.8, 4) is 11.1 Å². The lowest BCUT2D eigenvalue weighted by Crippen LogP contribution is -1.99. The van der Waals surface area contributed by atoms with E-state index >= 15 is 0 Å². The van der Waals surface area contributed by atoms with Crippen molar-refractivity contribution in [1.82, 2.24) is 15.0 Å². The Bertz CT molecular complexity index is 740. The van der Waals surface area contributed by atoms with Crippen molar-refractivity contribution in [3.05, 3.63) is 47.9 Å². The molecule has 108 valence electrons. The fourth-order valence-electron chi connectivity index (χ4n) is 2.30. The van der Waals surface area contributed by atoms with Gasteiger partial charge in [0.25, 0.3) is 0 Å². The third-order valence-electron chi connectivity index (χ3n) is 3.20. The van der Waals surface area contributed by atoms with Crippen LogP contribution in [0.5, 0.6) is 0 Å². The molecule has 0 spiro atoms. The van der Waals surface area contributed by atoms with Gasteiger partial charge < -0.3 is 9.72 Å². The van der Waals surface area contributed by atoms with Crippen LogP contribution < -0.4 is 0 Å². The van der Waals surface area contributed by atoms with Crippen LogP contribution >= 0.6 is 11.8 Å². The number of aryl methyl sites for hydroxylation is 1. The number of rotatable bonds is 5. The van der Waals surface area contributed by atoms with Crippen LogP contribution in [0.25, 0.3) is 22.3 Å². The van der Waals surface area contributed by atoms with Gasteiger partial charge in [-0.25, -0.2) is 9.97 Å². The minimum Gasteiger partial charge on any atom is -0.365 e. The van der Waals surface area contributed by atoms with Gasteiger partial charge in [-0.05, 0) is 24.8 Å². The molecule has 0 saturated carbocycles. The highest BCUT2D eigenvalue weighted by molar-refractivity contribution is 7.98. The van der Waals surface area contributed by atoms with Crippen LogP contribution in [0, 0.1) is 6.92 Å². The number of nitrogens with one attached hydrogen (secondary N) is 1. The van der Waals surface area contributed by atoms with E-state index in [1.807, 2.05) is 31.4 Å². The van der Waals surface area contributed by atoms with Crippen LogP contribution in [0.3, 0.4) is 0 Å². The lowest BCUT2D eigenvalue weighted by atomic mass is 10.0. The molecule has 4 nitrogen and oxygen atoms in total. The van der Waals surface area contributed by atoms with Gasteiger partial charge in [0.1, 0.15) is 5.82 Å². The Morgan fingerprint density at radius 2 is 2.00 bits per heavy atom. The normalized spacial score (nSPS) is 11.1. The van der Waals surface area contributed by atoms with E-state index in [0.29, 0.717) is 12.5 Å². The fourth-order valence-corrected chi connectivity index (χ4v) is 2.55. The molecule has 3 aromatic rings. The van der Waals surface area contributed by atoms with Crippen LogP contribution in [0.4, 0.5) is 0 Å². The quantitative estimate of drug-likeness (QED) is 0.575. The molecule has 2 heterocycles. The van der Waals surface area contributed by atoms with Gasteiger partial charge in [-0.1, -0.05) is 30.3 Å². The van der Waals surface area contributed by atoms with Crippen molar-refractivity contribution in [2.24, 2.45) is 0 Å². The maximum Gasteiger partial charge on any atom is 0.178 e. The molecular weight excluding hydrogens is 282 g/mol. The molecule has 21 heavy (non-hydrogen) atoms. The van der Waals surface area contributed by atoms with Crippen molar-refractivity contribution in [3.63, 3.8) is 0 Å². The molecule has 0 fully saturated rings. The van der Waals surface area contributed by atoms with Gasteiger partial charge in [-0.15, -0.1) is 11.8 Å². The van der Waals surface area contributed by atoms with E-state index in [4.69, 9.17) is 4.74 Å². The number of imidazole rings is 1. The Morgan fingerprint density at radius 3 is 2.76 bits per heavy atom. The minimum atomic E-state index is 0.493. The van der Waals surface area contributed by atoms with Crippen LogP contribution in [-0.4, -0.2) is 27.1 Å². The first-order valence-electron chi connectivity index (χ1n) is 6.76. The molecule has 0 atom stereocenters. The number of aromatic nitrogens is 3. The first-order valence-corrected chi connectivity index (χ1v) is 8.15. The van der Waals surface area contributed by atoms with Crippen molar-refractivity contribution in [2.45, 2.75) is 13.5 Å². The Balaban J connectivity index is 2.07. The molecular formula is C16H17N3OS. The number of aromatic amines is 1. The predicted molar refractivity (Wildman–Crippen MR) is 87.2 cm³/mol. The maximum atomic E-state index is 5.65. The van der Waals surface area contributed by atoms with Crippen LogP contribution in [0.1, 0.15) is 11.5 Å². The van der Waals surface area contributed by atoms with Gasteiger partial charge >= 0.3 is 0 Å². The van der Waals surface area contributed by atoms with Crippen LogP contribution in [0.2, 0.25) is 0 Å². The molecule has 1 N–H and O–H groups in total. The second-order valence-corrected chi connectivity index (χ2v) is 5.61. The molecule has 0 radical (unpaired) electrons. The van der Waals surface area contributed by atoms with E-state index in [2.05, 4.69) is 33.2 Å². The molecule has 0 saturated heterocycles. The average Bonchev–Trinajstić information content (AvgIpc) is 2.86. The zero-order valence-corrected chi connectivity index (χ0v) is 12.9. The third-order valence-corrected chi connectivity index (χ3v) is 3.60. The largest absolute Gasteiger partial charge is 0.365 e. The topological polar surface area (TPSA) is 50.8 Å². The van der Waals surface area contributed by atoms with Gasteiger partial charge in [-0.3, -0.25) is 0 Å². The van der Waals surface area contributed by atoms with E-state index in [0.717, 1.165) is 33.8 Å². The van der Waals surface area contributed by atoms with Crippen molar-refractivity contribution < 1.29 is 4.74 Å². The maximum absolute atomic E-state index is 5.65. The molecule has 1 aromatic carbocycles. The summed E-state index contributed by atoms with van der Waals surface area (Å²) in [6.45, 7) is 2.43. The summed E-state index contributed by atoms with van der Waals surface area (Å²) in [5, 5.41) is 0. The standard InChI is InChI=1S/C16H17N3OS/c1-11-17-14-8-13(12-6-4-3-5-7-12)15(9-20-10-21-2)19-16(14)18-11/h3-8H,9-10H2,1-2H3,(H,17,18,19). The lowest BCUT2D eigenvalue weighted by molar-refractivity contribution is 0.167. The van der Waals surface area contributed by atoms with E-state index in [-0.39, 0.29) is 0 Å². The monoisotopic (exact) mass is 299 g/mol. The van der Waals surface area contributed by atoms with E-state index < -0.39 is 0 Å². The first-order chi connectivity index (χ1) is 10.3. The molecule has 3 rings (SSSR count). The molecule has 0 amide bonds. The van der Waals surface area contributed by atoms with Gasteiger partial charge in [0, 0.05) is 5.56 Å². The highest BCUT2D eigenvalue weighted by Crippen LogP contribution is 2.26. The van der Waals surface area contributed by atoms with E-state index in [9.17, 15) is 0 Å². The zero-order valence-electron chi connectivity index (χ0n) is 12.1. The van der Waals surface area contributed by atoms with E-state index in [1.165, 1.54) is 0 Å². The number of pyridine rings is 1. The Labute approximate surface area is 128 Å². The summed E-state index contributed by atoms with van der Waals surface area (Å²) in [7, 11) is 0. The molecule has 0 unspecified atom stereocenters. The molecule has 0 aliphatic heterocycles. The van der Waals surface area contributed by atoms with Gasteiger partial charge in [0.05, 0.1) is 23.8 Å². The van der Waals surface area contributed by atoms with Gasteiger partial charge in [-0.2, -0.15) is 0 Å². The highest BCUT2D eigenvalue weighted by Gasteiger charge is 2.11. The number of nitrogens with zero attached hydrogens (tertiary/aromatic N) is 2. The molecule has 0 aliphatic carbocycles. The van der Waals surface area contributed by atoms with E-state index in [1.54, 1.807) is 11.8 Å². The number of H-pyrrole nitrogens is 1. The predicted octanol–water partition coefficient (Wildman–Crippen LogP) is 3.77. The Hall–Kier alpha value is -1.85. The molecule has 5 heteroatoms. The van der Waals surface area contributed by atoms with Crippen LogP contribution in [-0.2, 0) is 11.3 Å². The zero-order chi connectivity index (χ0) is 14.7. The number of fused-ring (bicyclic) bond motifs is 1. The van der Waals surface area contributed by atoms with Gasteiger partial charge in [0.15, 0.2) is 5.65 Å². The second kappa shape index (κ2) is 6.28. The van der Waals surface area contributed by atoms with Crippen LogP contribution in [0.15, 0.2) is 36.4 Å². The Morgan fingerprint density at radius 1 is 1.19 bits per heavy atom. The number of benzene rings is 1. The smallest absolute Gasteiger partial charge is 0.178 e. The van der Waals surface area contributed by atoms with Crippen molar-refractivity contribution in [2.75, 3.05) is 12.2 Å². The summed E-state index contributed by atoms with van der Waals surface area (Å²) >= 11 is 1.66.